The highest BCUT2D eigenvalue weighted by molar-refractivity contribution is 9.10. The monoisotopic (exact) mass is 343 g/mol. The van der Waals surface area contributed by atoms with Crippen LogP contribution in [-0.2, 0) is 0 Å². The maximum absolute atomic E-state index is 13.3. The third-order valence-corrected chi connectivity index (χ3v) is 3.92. The number of anilines is 1. The molecule has 7 heteroatoms. The van der Waals surface area contributed by atoms with Crippen molar-refractivity contribution in [2.45, 2.75) is 18.8 Å². The minimum atomic E-state index is -1.51. The van der Waals surface area contributed by atoms with E-state index < -0.39 is 17.5 Å². The van der Waals surface area contributed by atoms with Crippen LogP contribution in [0.5, 0.6) is 0 Å². The van der Waals surface area contributed by atoms with E-state index in [1.54, 1.807) is 0 Å². The zero-order valence-electron chi connectivity index (χ0n) is 10.1. The van der Waals surface area contributed by atoms with Crippen molar-refractivity contribution < 1.29 is 13.2 Å². The van der Waals surface area contributed by atoms with Crippen LogP contribution in [0.2, 0.25) is 0 Å². The molecule has 0 saturated heterocycles. The van der Waals surface area contributed by atoms with Gasteiger partial charge in [0.25, 0.3) is 0 Å². The minimum absolute atomic E-state index is 0.0579. The molecule has 3 nitrogen and oxygen atoms in total. The van der Waals surface area contributed by atoms with Crippen LogP contribution in [0.3, 0.4) is 0 Å². The maximum atomic E-state index is 13.3. The summed E-state index contributed by atoms with van der Waals surface area (Å²) in [4.78, 5) is 8.27. The Morgan fingerprint density at radius 1 is 1.10 bits per heavy atom. The molecule has 0 bridgehead atoms. The number of hydrogen-bond acceptors (Lipinski definition) is 3. The van der Waals surface area contributed by atoms with Gasteiger partial charge in [0.05, 0.1) is 10.2 Å². The largest absolute Gasteiger partial charge is 0.383 e. The number of benzene rings is 1. The van der Waals surface area contributed by atoms with E-state index in [9.17, 15) is 13.2 Å². The number of halogens is 4. The second-order valence-corrected chi connectivity index (χ2v) is 5.45. The smallest absolute Gasteiger partial charge is 0.194 e. The van der Waals surface area contributed by atoms with Crippen molar-refractivity contribution >= 4 is 21.7 Å². The lowest BCUT2D eigenvalue weighted by Crippen LogP contribution is -2.03. The predicted octanol–water partition coefficient (Wildman–Crippen LogP) is 3.78. The van der Waals surface area contributed by atoms with E-state index in [0.29, 0.717) is 4.47 Å². The molecule has 0 aliphatic heterocycles. The average molecular weight is 344 g/mol. The molecular weight excluding hydrogens is 335 g/mol. The number of nitrogens with two attached hydrogens (primary N) is 1. The molecule has 1 aromatic heterocycles. The van der Waals surface area contributed by atoms with Gasteiger partial charge in [-0.25, -0.2) is 23.1 Å². The third kappa shape index (κ3) is 2.26. The van der Waals surface area contributed by atoms with Gasteiger partial charge in [-0.2, -0.15) is 0 Å². The van der Waals surface area contributed by atoms with Crippen molar-refractivity contribution in [3.63, 3.8) is 0 Å². The van der Waals surface area contributed by atoms with Crippen molar-refractivity contribution in [2.24, 2.45) is 0 Å². The van der Waals surface area contributed by atoms with E-state index in [1.165, 1.54) is 0 Å². The molecule has 0 radical (unpaired) electrons. The van der Waals surface area contributed by atoms with Gasteiger partial charge < -0.3 is 5.73 Å². The summed E-state index contributed by atoms with van der Waals surface area (Å²) in [7, 11) is 0. The van der Waals surface area contributed by atoms with Crippen LogP contribution < -0.4 is 5.73 Å². The fourth-order valence-corrected chi connectivity index (χ4v) is 2.42. The van der Waals surface area contributed by atoms with Crippen molar-refractivity contribution in [1.82, 2.24) is 9.97 Å². The van der Waals surface area contributed by atoms with Gasteiger partial charge >= 0.3 is 0 Å². The Morgan fingerprint density at radius 2 is 1.70 bits per heavy atom. The summed E-state index contributed by atoms with van der Waals surface area (Å²) in [6.45, 7) is 0. The predicted molar refractivity (Wildman–Crippen MR) is 71.4 cm³/mol. The number of aromatic nitrogens is 2. The Morgan fingerprint density at radius 3 is 2.25 bits per heavy atom. The molecule has 0 atom stereocenters. The van der Waals surface area contributed by atoms with Gasteiger partial charge in [-0.15, -0.1) is 0 Å². The first-order chi connectivity index (χ1) is 9.47. The lowest BCUT2D eigenvalue weighted by molar-refractivity contribution is 0.447. The molecule has 1 aliphatic rings. The topological polar surface area (TPSA) is 51.8 Å². The highest BCUT2D eigenvalue weighted by atomic mass is 79.9. The molecule has 0 unspecified atom stereocenters. The lowest BCUT2D eigenvalue weighted by atomic mass is 10.1. The normalized spacial score (nSPS) is 14.6. The second kappa shape index (κ2) is 4.73. The van der Waals surface area contributed by atoms with Crippen LogP contribution in [0.1, 0.15) is 24.5 Å². The zero-order chi connectivity index (χ0) is 14.4. The van der Waals surface area contributed by atoms with Gasteiger partial charge in [0.15, 0.2) is 23.3 Å². The lowest BCUT2D eigenvalue weighted by Gasteiger charge is -2.09. The van der Waals surface area contributed by atoms with Crippen LogP contribution in [-0.4, -0.2) is 9.97 Å². The maximum Gasteiger partial charge on any atom is 0.194 e. The van der Waals surface area contributed by atoms with Gasteiger partial charge in [0.1, 0.15) is 5.82 Å². The SMILES string of the molecule is Nc1nc(-c2cc(F)c(F)c(F)c2)nc(C2CC2)c1Br. The number of nitrogen functional groups attached to an aromatic ring is 1. The third-order valence-electron chi connectivity index (χ3n) is 3.11. The molecule has 0 spiro atoms. The fraction of sp³-hybridized carbons (Fsp3) is 0.231. The van der Waals surface area contributed by atoms with Gasteiger partial charge in [-0.05, 0) is 40.9 Å². The van der Waals surface area contributed by atoms with Gasteiger partial charge in [0.2, 0.25) is 0 Å². The van der Waals surface area contributed by atoms with E-state index in [0.717, 1.165) is 30.7 Å². The standard InChI is InChI=1S/C13H9BrF3N3/c14-9-11(5-1-2-5)19-13(20-12(9)18)6-3-7(15)10(17)8(16)4-6/h3-5H,1-2H2,(H2,18,19,20). The highest BCUT2D eigenvalue weighted by Gasteiger charge is 2.29. The van der Waals surface area contributed by atoms with Crippen molar-refractivity contribution in [3.8, 4) is 11.4 Å². The quantitative estimate of drug-likeness (QED) is 0.844. The first-order valence-electron chi connectivity index (χ1n) is 5.95. The summed E-state index contributed by atoms with van der Waals surface area (Å²) in [5.74, 6) is -3.51. The van der Waals surface area contributed by atoms with E-state index in [-0.39, 0.29) is 23.1 Å². The molecular formula is C13H9BrF3N3. The Kier molecular flexibility index (Phi) is 3.16. The number of rotatable bonds is 2. The van der Waals surface area contributed by atoms with Crippen LogP contribution in [0, 0.1) is 17.5 Å². The average Bonchev–Trinajstić information content (AvgIpc) is 3.22. The Hall–Kier alpha value is -1.63. The highest BCUT2D eigenvalue weighted by Crippen LogP contribution is 2.44. The van der Waals surface area contributed by atoms with Crippen LogP contribution in [0.4, 0.5) is 19.0 Å². The van der Waals surface area contributed by atoms with Gasteiger partial charge in [-0.3, -0.25) is 0 Å². The van der Waals surface area contributed by atoms with E-state index in [2.05, 4.69) is 25.9 Å². The molecule has 3 rings (SSSR count). The molecule has 1 aromatic carbocycles. The Bertz CT molecular complexity index is 678. The summed E-state index contributed by atoms with van der Waals surface area (Å²) in [5.41, 5.74) is 6.55. The first kappa shape index (κ1) is 13.4. The fourth-order valence-electron chi connectivity index (χ4n) is 1.92. The molecule has 1 heterocycles. The van der Waals surface area contributed by atoms with Crippen molar-refractivity contribution in [2.75, 3.05) is 5.73 Å². The molecule has 1 aliphatic carbocycles. The zero-order valence-corrected chi connectivity index (χ0v) is 11.7. The van der Waals surface area contributed by atoms with Gasteiger partial charge in [-0.1, -0.05) is 0 Å². The van der Waals surface area contributed by atoms with E-state index >= 15 is 0 Å². The van der Waals surface area contributed by atoms with Crippen molar-refractivity contribution in [3.05, 3.63) is 39.8 Å². The molecule has 20 heavy (non-hydrogen) atoms. The molecule has 2 N–H and O–H groups in total. The Labute approximate surface area is 121 Å². The summed E-state index contributed by atoms with van der Waals surface area (Å²) in [5, 5.41) is 0. The number of hydrogen-bond donors (Lipinski definition) is 1. The summed E-state index contributed by atoms with van der Waals surface area (Å²) < 4.78 is 40.1. The van der Waals surface area contributed by atoms with Crippen LogP contribution in [0.25, 0.3) is 11.4 Å². The van der Waals surface area contributed by atoms with Crippen LogP contribution >= 0.6 is 15.9 Å². The van der Waals surface area contributed by atoms with Gasteiger partial charge in [0, 0.05) is 11.5 Å². The molecule has 0 amide bonds. The molecule has 1 saturated carbocycles. The summed E-state index contributed by atoms with van der Waals surface area (Å²) in [6, 6.07) is 1.72. The van der Waals surface area contributed by atoms with E-state index in [4.69, 9.17) is 5.73 Å². The summed E-state index contributed by atoms with van der Waals surface area (Å²) >= 11 is 3.31. The number of nitrogens with zero attached hydrogens (tertiary/aromatic N) is 2. The Balaban J connectivity index is 2.15. The first-order valence-corrected chi connectivity index (χ1v) is 6.74. The molecule has 104 valence electrons. The minimum Gasteiger partial charge on any atom is -0.383 e. The van der Waals surface area contributed by atoms with Crippen molar-refractivity contribution in [1.29, 1.82) is 0 Å². The molecule has 2 aromatic rings. The summed E-state index contributed by atoms with van der Waals surface area (Å²) in [6.07, 6.45) is 1.97. The van der Waals surface area contributed by atoms with Crippen LogP contribution in [0.15, 0.2) is 16.6 Å². The molecule has 1 fully saturated rings. The second-order valence-electron chi connectivity index (χ2n) is 4.66. The van der Waals surface area contributed by atoms with E-state index in [1.807, 2.05) is 0 Å².